The van der Waals surface area contributed by atoms with E-state index in [9.17, 15) is 24.5 Å². The highest BCUT2D eigenvalue weighted by molar-refractivity contribution is 5.94. The normalized spacial score (nSPS) is 10.7. The quantitative estimate of drug-likeness (QED) is 0.297. The summed E-state index contributed by atoms with van der Waals surface area (Å²) in [5.74, 6) is -0.536. The van der Waals surface area contributed by atoms with Crippen molar-refractivity contribution in [3.63, 3.8) is 0 Å². The third kappa shape index (κ3) is 6.14. The molecule has 11 nitrogen and oxygen atoms in total. The van der Waals surface area contributed by atoms with E-state index >= 15 is 0 Å². The van der Waals surface area contributed by atoms with Gasteiger partial charge in [0.1, 0.15) is 11.5 Å². The molecule has 0 aliphatic carbocycles. The van der Waals surface area contributed by atoms with Crippen LogP contribution in [0.1, 0.15) is 30.9 Å². The number of hydrogen-bond acceptors (Lipinski definition) is 7. The Bertz CT molecular complexity index is 1330. The van der Waals surface area contributed by atoms with Crippen molar-refractivity contribution < 1.29 is 9.72 Å². The second-order valence-electron chi connectivity index (χ2n) is 8.15. The highest BCUT2D eigenvalue weighted by Gasteiger charge is 2.22. The molecule has 1 amide bonds. The molecule has 2 aromatic carbocycles. The lowest BCUT2D eigenvalue weighted by molar-refractivity contribution is -0.385. The zero-order chi connectivity index (χ0) is 25.5. The van der Waals surface area contributed by atoms with Gasteiger partial charge >= 0.3 is 5.69 Å². The number of rotatable bonds is 10. The molecule has 3 aromatic rings. The van der Waals surface area contributed by atoms with Crippen molar-refractivity contribution in [3.8, 4) is 0 Å². The number of nitrogens with one attached hydrogen (secondary N) is 2. The molecule has 1 heterocycles. The number of nitrogens with zero attached hydrogens (tertiary/aromatic N) is 3. The number of nitrogen functional groups attached to an aromatic ring is 1. The maximum atomic E-state index is 13.0. The Hall–Kier alpha value is -4.41. The summed E-state index contributed by atoms with van der Waals surface area (Å²) in [5, 5.41) is 13.9. The molecule has 0 radical (unpaired) electrons. The summed E-state index contributed by atoms with van der Waals surface area (Å²) in [4.78, 5) is 52.6. The van der Waals surface area contributed by atoms with Crippen LogP contribution in [0.25, 0.3) is 0 Å². The van der Waals surface area contributed by atoms with Gasteiger partial charge in [-0.1, -0.05) is 49.7 Å². The van der Waals surface area contributed by atoms with Gasteiger partial charge in [0.05, 0.1) is 11.5 Å². The van der Waals surface area contributed by atoms with E-state index in [0.717, 1.165) is 12.0 Å². The number of benzene rings is 2. The molecule has 0 aliphatic heterocycles. The first-order valence-corrected chi connectivity index (χ1v) is 11.2. The minimum atomic E-state index is -0.699. The Morgan fingerprint density at radius 3 is 2.57 bits per heavy atom. The average molecular weight is 481 g/mol. The number of anilines is 3. The van der Waals surface area contributed by atoms with E-state index in [1.54, 1.807) is 19.1 Å². The number of nitrogens with two attached hydrogens (primary N) is 1. The van der Waals surface area contributed by atoms with Gasteiger partial charge in [0.25, 0.3) is 11.2 Å². The van der Waals surface area contributed by atoms with Crippen molar-refractivity contribution in [2.24, 2.45) is 0 Å². The molecule has 11 heteroatoms. The van der Waals surface area contributed by atoms with E-state index < -0.39 is 22.1 Å². The number of carbonyl (C=O) groups is 1. The van der Waals surface area contributed by atoms with Crippen LogP contribution in [-0.4, -0.2) is 26.9 Å². The van der Waals surface area contributed by atoms with Crippen LogP contribution in [0.15, 0.2) is 58.1 Å². The first-order valence-electron chi connectivity index (χ1n) is 11.2. The fourth-order valence-electron chi connectivity index (χ4n) is 3.70. The number of carbonyl (C=O) groups excluding carboxylic acids is 1. The number of aryl methyl sites for hydroxylation is 1. The Morgan fingerprint density at radius 1 is 1.20 bits per heavy atom. The summed E-state index contributed by atoms with van der Waals surface area (Å²) in [6.07, 6.45) is 1.50. The second-order valence-corrected chi connectivity index (χ2v) is 8.15. The molecule has 0 unspecified atom stereocenters. The van der Waals surface area contributed by atoms with Gasteiger partial charge in [0.15, 0.2) is 0 Å². The summed E-state index contributed by atoms with van der Waals surface area (Å²) in [5.41, 5.74) is 6.39. The lowest BCUT2D eigenvalue weighted by atomic mass is 10.2. The highest BCUT2D eigenvalue weighted by atomic mass is 16.6. The van der Waals surface area contributed by atoms with Gasteiger partial charge in [0, 0.05) is 30.4 Å². The van der Waals surface area contributed by atoms with Crippen LogP contribution < -0.4 is 27.2 Å². The van der Waals surface area contributed by atoms with Gasteiger partial charge in [-0.25, -0.2) is 4.79 Å². The molecule has 0 aliphatic rings. The number of aromatic nitrogens is 2. The highest BCUT2D eigenvalue weighted by Crippen LogP contribution is 2.23. The maximum Gasteiger partial charge on any atom is 0.330 e. The molecule has 0 bridgehead atoms. The van der Waals surface area contributed by atoms with Gasteiger partial charge in [0.2, 0.25) is 5.91 Å². The minimum Gasteiger partial charge on any atom is -0.383 e. The van der Waals surface area contributed by atoms with Crippen LogP contribution in [0.4, 0.5) is 22.9 Å². The third-order valence-electron chi connectivity index (χ3n) is 5.51. The number of unbranched alkanes of at least 4 members (excludes halogenated alkanes) is 1. The number of nitro groups is 1. The van der Waals surface area contributed by atoms with Gasteiger partial charge in [-0.2, -0.15) is 0 Å². The predicted octanol–water partition coefficient (Wildman–Crippen LogP) is 2.78. The fraction of sp³-hybridized carbons (Fsp3) is 0.292. The SMILES string of the molecule is CCCCn1c(N)c(N(CC(=O)Nc2ccc(C)c([N+](=O)[O-])c2)Cc2ccccc2)c(=O)[nH]c1=O. The second kappa shape index (κ2) is 11.1. The fourth-order valence-corrected chi connectivity index (χ4v) is 3.70. The van der Waals surface area contributed by atoms with Crippen molar-refractivity contribution in [2.45, 2.75) is 39.8 Å². The van der Waals surface area contributed by atoms with Crippen molar-refractivity contribution in [2.75, 3.05) is 22.5 Å². The van der Waals surface area contributed by atoms with Gasteiger partial charge in [-0.05, 0) is 25.0 Å². The Morgan fingerprint density at radius 2 is 1.91 bits per heavy atom. The van der Waals surface area contributed by atoms with E-state index in [2.05, 4.69) is 10.3 Å². The molecule has 0 atom stereocenters. The standard InChI is InChI=1S/C24H28N6O5/c1-3-4-12-29-22(25)21(23(32)27-24(29)33)28(14-17-8-6-5-7-9-17)15-20(31)26-18-11-10-16(2)19(13-18)30(34)35/h5-11,13H,3-4,12,14-15,25H2,1-2H3,(H,26,31)(H,27,32,33). The predicted molar refractivity (Wildman–Crippen MR) is 135 cm³/mol. The largest absolute Gasteiger partial charge is 0.383 e. The summed E-state index contributed by atoms with van der Waals surface area (Å²) in [7, 11) is 0. The summed E-state index contributed by atoms with van der Waals surface area (Å²) < 4.78 is 1.29. The number of nitro benzene ring substituents is 1. The Kier molecular flexibility index (Phi) is 8.03. The Labute approximate surface area is 201 Å². The molecule has 3 rings (SSSR count). The van der Waals surface area contributed by atoms with Crippen molar-refractivity contribution in [1.29, 1.82) is 0 Å². The number of amides is 1. The minimum absolute atomic E-state index is 0.00888. The number of hydrogen-bond donors (Lipinski definition) is 3. The first-order chi connectivity index (χ1) is 16.7. The molecular weight excluding hydrogens is 452 g/mol. The number of H-pyrrole nitrogens is 1. The third-order valence-corrected chi connectivity index (χ3v) is 5.51. The molecule has 0 saturated heterocycles. The molecule has 35 heavy (non-hydrogen) atoms. The Balaban J connectivity index is 1.96. The molecule has 0 spiro atoms. The van der Waals surface area contributed by atoms with Crippen LogP contribution in [0.3, 0.4) is 0 Å². The molecular formula is C24H28N6O5. The summed E-state index contributed by atoms with van der Waals surface area (Å²) in [6, 6.07) is 13.6. The first kappa shape index (κ1) is 25.2. The van der Waals surface area contributed by atoms with Gasteiger partial charge in [-0.3, -0.25) is 29.3 Å². The smallest absolute Gasteiger partial charge is 0.330 e. The summed E-state index contributed by atoms with van der Waals surface area (Å²) >= 11 is 0. The summed E-state index contributed by atoms with van der Waals surface area (Å²) in [6.45, 7) is 3.78. The molecule has 0 saturated carbocycles. The van der Waals surface area contributed by atoms with E-state index in [1.807, 2.05) is 37.3 Å². The van der Waals surface area contributed by atoms with Crippen molar-refractivity contribution >= 4 is 28.8 Å². The van der Waals surface area contributed by atoms with E-state index in [4.69, 9.17) is 5.73 Å². The van der Waals surface area contributed by atoms with Crippen LogP contribution in [0, 0.1) is 17.0 Å². The van der Waals surface area contributed by atoms with E-state index in [0.29, 0.717) is 18.5 Å². The van der Waals surface area contributed by atoms with Crippen LogP contribution >= 0.6 is 0 Å². The molecule has 184 valence electrons. The zero-order valence-corrected chi connectivity index (χ0v) is 19.6. The average Bonchev–Trinajstić information content (AvgIpc) is 2.80. The monoisotopic (exact) mass is 480 g/mol. The van der Waals surface area contributed by atoms with Crippen LogP contribution in [0.5, 0.6) is 0 Å². The topological polar surface area (TPSA) is 156 Å². The maximum absolute atomic E-state index is 13.0. The zero-order valence-electron chi connectivity index (χ0n) is 19.6. The van der Waals surface area contributed by atoms with E-state index in [1.165, 1.54) is 15.5 Å². The van der Waals surface area contributed by atoms with E-state index in [-0.39, 0.29) is 36.0 Å². The number of aromatic amines is 1. The lowest BCUT2D eigenvalue weighted by Crippen LogP contribution is -2.41. The van der Waals surface area contributed by atoms with Crippen molar-refractivity contribution in [1.82, 2.24) is 9.55 Å². The van der Waals surface area contributed by atoms with Gasteiger partial charge in [-0.15, -0.1) is 0 Å². The van der Waals surface area contributed by atoms with Gasteiger partial charge < -0.3 is 16.0 Å². The molecule has 0 fully saturated rings. The van der Waals surface area contributed by atoms with Crippen LogP contribution in [0.2, 0.25) is 0 Å². The van der Waals surface area contributed by atoms with Crippen LogP contribution in [-0.2, 0) is 17.9 Å². The molecule has 4 N–H and O–H groups in total. The lowest BCUT2D eigenvalue weighted by Gasteiger charge is -2.26. The molecule has 1 aromatic heterocycles. The van der Waals surface area contributed by atoms with Crippen molar-refractivity contribution in [3.05, 3.63) is 90.6 Å².